The average Bonchev–Trinajstić information content (AvgIpc) is 3.01. The first kappa shape index (κ1) is 16.7. The standard InChI is InChI=1S/C17H21N3O3/c1-3-11(2)16(17(18)22)19-15(21)10-13-9-14(23-20-13)12-7-5-4-6-8-12/h4-9,11,16H,3,10H2,1-2H3,(H2,18,22)(H,19,21)/t11-,16-/m0/s1. The number of rotatable bonds is 7. The highest BCUT2D eigenvalue weighted by molar-refractivity contribution is 5.87. The highest BCUT2D eigenvalue weighted by Crippen LogP contribution is 2.19. The van der Waals surface area contributed by atoms with Crippen LogP contribution in [0.15, 0.2) is 40.9 Å². The van der Waals surface area contributed by atoms with Gasteiger partial charge >= 0.3 is 0 Å². The molecule has 2 amide bonds. The molecule has 0 bridgehead atoms. The van der Waals surface area contributed by atoms with Gasteiger partial charge in [-0.3, -0.25) is 9.59 Å². The minimum atomic E-state index is -0.673. The van der Waals surface area contributed by atoms with E-state index in [0.29, 0.717) is 11.5 Å². The van der Waals surface area contributed by atoms with Gasteiger partial charge in [-0.05, 0) is 5.92 Å². The zero-order valence-electron chi connectivity index (χ0n) is 13.3. The molecule has 6 nitrogen and oxygen atoms in total. The van der Waals surface area contributed by atoms with E-state index in [4.69, 9.17) is 10.3 Å². The Labute approximate surface area is 135 Å². The zero-order valence-corrected chi connectivity index (χ0v) is 13.3. The second kappa shape index (κ2) is 7.58. The molecular formula is C17H21N3O3. The largest absolute Gasteiger partial charge is 0.368 e. The number of carbonyl (C=O) groups is 2. The third-order valence-corrected chi connectivity index (χ3v) is 3.79. The number of hydrogen-bond donors (Lipinski definition) is 2. The molecule has 0 spiro atoms. The van der Waals surface area contributed by atoms with Crippen LogP contribution in [0.3, 0.4) is 0 Å². The van der Waals surface area contributed by atoms with Crippen LogP contribution < -0.4 is 11.1 Å². The Morgan fingerprint density at radius 2 is 2.00 bits per heavy atom. The van der Waals surface area contributed by atoms with E-state index in [0.717, 1.165) is 12.0 Å². The highest BCUT2D eigenvalue weighted by Gasteiger charge is 2.24. The summed E-state index contributed by atoms with van der Waals surface area (Å²) in [6, 6.07) is 10.5. The van der Waals surface area contributed by atoms with E-state index >= 15 is 0 Å². The molecule has 122 valence electrons. The number of carbonyl (C=O) groups excluding carboxylic acids is 2. The fourth-order valence-corrected chi connectivity index (χ4v) is 2.25. The van der Waals surface area contributed by atoms with Crippen LogP contribution in [0.25, 0.3) is 11.3 Å². The Kier molecular flexibility index (Phi) is 5.51. The molecule has 23 heavy (non-hydrogen) atoms. The van der Waals surface area contributed by atoms with Gasteiger partial charge in [0.15, 0.2) is 5.76 Å². The molecule has 0 fully saturated rings. The molecule has 0 radical (unpaired) electrons. The minimum Gasteiger partial charge on any atom is -0.368 e. The fourth-order valence-electron chi connectivity index (χ4n) is 2.25. The molecule has 3 N–H and O–H groups in total. The molecular weight excluding hydrogens is 294 g/mol. The van der Waals surface area contributed by atoms with E-state index in [1.807, 2.05) is 44.2 Å². The lowest BCUT2D eigenvalue weighted by molar-refractivity contribution is -0.128. The van der Waals surface area contributed by atoms with Crippen molar-refractivity contribution in [2.24, 2.45) is 11.7 Å². The van der Waals surface area contributed by atoms with E-state index in [1.54, 1.807) is 6.07 Å². The maximum absolute atomic E-state index is 12.1. The monoisotopic (exact) mass is 315 g/mol. The summed E-state index contributed by atoms with van der Waals surface area (Å²) in [4.78, 5) is 23.5. The van der Waals surface area contributed by atoms with E-state index in [9.17, 15) is 9.59 Å². The smallest absolute Gasteiger partial charge is 0.240 e. The summed E-state index contributed by atoms with van der Waals surface area (Å²) in [5, 5.41) is 6.57. The van der Waals surface area contributed by atoms with Crippen molar-refractivity contribution in [2.45, 2.75) is 32.7 Å². The summed E-state index contributed by atoms with van der Waals surface area (Å²) in [5.41, 5.74) is 6.75. The second-order valence-electron chi connectivity index (χ2n) is 5.56. The molecule has 6 heteroatoms. The summed E-state index contributed by atoms with van der Waals surface area (Å²) < 4.78 is 5.25. The number of amides is 2. The van der Waals surface area contributed by atoms with Crippen LogP contribution in [0.2, 0.25) is 0 Å². The van der Waals surface area contributed by atoms with Gasteiger partial charge in [0.05, 0.1) is 12.1 Å². The lowest BCUT2D eigenvalue weighted by Crippen LogP contribution is -2.48. The van der Waals surface area contributed by atoms with Gasteiger partial charge in [0.25, 0.3) is 0 Å². The molecule has 0 aliphatic rings. The summed E-state index contributed by atoms with van der Waals surface area (Å²) in [7, 11) is 0. The molecule has 2 rings (SSSR count). The van der Waals surface area contributed by atoms with E-state index in [1.165, 1.54) is 0 Å². The molecule has 0 unspecified atom stereocenters. The molecule has 1 aromatic heterocycles. The van der Waals surface area contributed by atoms with Gasteiger partial charge in [0, 0.05) is 11.6 Å². The Morgan fingerprint density at radius 3 is 2.61 bits per heavy atom. The van der Waals surface area contributed by atoms with Crippen LogP contribution in [0, 0.1) is 5.92 Å². The maximum Gasteiger partial charge on any atom is 0.240 e. The Hall–Kier alpha value is -2.63. The van der Waals surface area contributed by atoms with Crippen molar-refractivity contribution in [2.75, 3.05) is 0 Å². The van der Waals surface area contributed by atoms with E-state index in [-0.39, 0.29) is 18.2 Å². The maximum atomic E-state index is 12.1. The topological polar surface area (TPSA) is 98.2 Å². The average molecular weight is 315 g/mol. The summed E-state index contributed by atoms with van der Waals surface area (Å²) in [6.45, 7) is 3.82. The predicted molar refractivity (Wildman–Crippen MR) is 86.2 cm³/mol. The van der Waals surface area contributed by atoms with Crippen LogP contribution in [-0.4, -0.2) is 23.0 Å². The van der Waals surface area contributed by atoms with Crippen LogP contribution in [0.1, 0.15) is 26.0 Å². The first-order chi connectivity index (χ1) is 11.0. The van der Waals surface area contributed by atoms with Crippen LogP contribution in [0.4, 0.5) is 0 Å². The van der Waals surface area contributed by atoms with Crippen molar-refractivity contribution in [3.63, 3.8) is 0 Å². The number of nitrogens with two attached hydrogens (primary N) is 1. The molecule has 2 atom stereocenters. The van der Waals surface area contributed by atoms with Crippen LogP contribution in [0.5, 0.6) is 0 Å². The lowest BCUT2D eigenvalue weighted by Gasteiger charge is -2.20. The predicted octanol–water partition coefficient (Wildman–Crippen LogP) is 1.90. The van der Waals surface area contributed by atoms with Crippen molar-refractivity contribution in [1.82, 2.24) is 10.5 Å². The molecule has 0 saturated carbocycles. The third-order valence-electron chi connectivity index (χ3n) is 3.79. The number of aromatic nitrogens is 1. The number of hydrogen-bond acceptors (Lipinski definition) is 4. The first-order valence-corrected chi connectivity index (χ1v) is 7.61. The SMILES string of the molecule is CC[C@H](C)[C@H](NC(=O)Cc1cc(-c2ccccc2)on1)C(N)=O. The van der Waals surface area contributed by atoms with Gasteiger partial charge in [-0.15, -0.1) is 0 Å². The molecule has 1 heterocycles. The minimum absolute atomic E-state index is 0.0198. The molecule has 0 aliphatic carbocycles. The summed E-state index contributed by atoms with van der Waals surface area (Å²) in [6.07, 6.45) is 0.784. The van der Waals surface area contributed by atoms with Crippen molar-refractivity contribution < 1.29 is 14.1 Å². The quantitative estimate of drug-likeness (QED) is 0.815. The van der Waals surface area contributed by atoms with E-state index in [2.05, 4.69) is 10.5 Å². The van der Waals surface area contributed by atoms with Gasteiger partial charge in [-0.2, -0.15) is 0 Å². The molecule has 0 saturated heterocycles. The normalized spacial score (nSPS) is 13.3. The second-order valence-corrected chi connectivity index (χ2v) is 5.56. The highest BCUT2D eigenvalue weighted by atomic mass is 16.5. The van der Waals surface area contributed by atoms with E-state index < -0.39 is 11.9 Å². The van der Waals surface area contributed by atoms with Crippen LogP contribution >= 0.6 is 0 Å². The van der Waals surface area contributed by atoms with Crippen molar-refractivity contribution >= 4 is 11.8 Å². The zero-order chi connectivity index (χ0) is 16.8. The van der Waals surface area contributed by atoms with Crippen LogP contribution in [-0.2, 0) is 16.0 Å². The molecule has 2 aromatic rings. The van der Waals surface area contributed by atoms with Gasteiger partial charge < -0.3 is 15.6 Å². The number of nitrogens with zero attached hydrogens (tertiary/aromatic N) is 1. The summed E-state index contributed by atoms with van der Waals surface area (Å²) >= 11 is 0. The molecule has 0 aliphatic heterocycles. The number of nitrogens with one attached hydrogen (secondary N) is 1. The van der Waals surface area contributed by atoms with Crippen molar-refractivity contribution in [3.8, 4) is 11.3 Å². The third kappa shape index (κ3) is 4.42. The fraction of sp³-hybridized carbons (Fsp3) is 0.353. The summed E-state index contributed by atoms with van der Waals surface area (Å²) in [5.74, 6) is -0.254. The van der Waals surface area contributed by atoms with Gasteiger partial charge in [0.1, 0.15) is 6.04 Å². The Morgan fingerprint density at radius 1 is 1.30 bits per heavy atom. The van der Waals surface area contributed by atoms with Crippen molar-refractivity contribution in [1.29, 1.82) is 0 Å². The van der Waals surface area contributed by atoms with Gasteiger partial charge in [-0.25, -0.2) is 0 Å². The Balaban J connectivity index is 2.01. The van der Waals surface area contributed by atoms with Gasteiger partial charge in [-0.1, -0.05) is 55.8 Å². The lowest BCUT2D eigenvalue weighted by atomic mass is 9.98. The van der Waals surface area contributed by atoms with Crippen molar-refractivity contribution in [3.05, 3.63) is 42.1 Å². The Bertz CT molecular complexity index is 667. The molecule has 1 aromatic carbocycles. The number of primary amides is 1. The van der Waals surface area contributed by atoms with Gasteiger partial charge in [0.2, 0.25) is 11.8 Å². The number of benzene rings is 1. The first-order valence-electron chi connectivity index (χ1n) is 7.61.